The molecular weight excluding hydrogens is 476 g/mol. The van der Waals surface area contributed by atoms with Crippen molar-refractivity contribution in [1.29, 1.82) is 0 Å². The Morgan fingerprint density at radius 2 is 1.92 bits per heavy atom. The molecule has 0 bridgehead atoms. The van der Waals surface area contributed by atoms with Gasteiger partial charge in [0, 0.05) is 30.6 Å². The van der Waals surface area contributed by atoms with E-state index in [-0.39, 0.29) is 41.9 Å². The highest BCUT2D eigenvalue weighted by Gasteiger charge is 2.76. The predicted octanol–water partition coefficient (Wildman–Crippen LogP) is 3.86. The number of Topliss-reactive ketones (excluding diaryl/α,β-unsaturated/α-hetero) is 1. The van der Waals surface area contributed by atoms with Crippen LogP contribution in [0.1, 0.15) is 73.1 Å². The summed E-state index contributed by atoms with van der Waals surface area (Å²) in [5, 5.41) is 0. The number of carbonyl (C=O) groups is 4. The highest BCUT2D eigenvalue weighted by Crippen LogP contribution is 2.70. The van der Waals surface area contributed by atoms with Gasteiger partial charge in [-0.1, -0.05) is 38.8 Å². The van der Waals surface area contributed by atoms with Crippen molar-refractivity contribution in [1.82, 2.24) is 0 Å². The first-order valence-electron chi connectivity index (χ1n) is 13.6. The summed E-state index contributed by atoms with van der Waals surface area (Å²) in [6, 6.07) is 0. The van der Waals surface area contributed by atoms with E-state index < -0.39 is 40.9 Å². The molecule has 1 aliphatic heterocycles. The molecule has 1 saturated heterocycles. The van der Waals surface area contributed by atoms with Gasteiger partial charge < -0.3 is 18.9 Å². The molecule has 0 unspecified atom stereocenters. The monoisotopic (exact) mass is 514 g/mol. The summed E-state index contributed by atoms with van der Waals surface area (Å²) >= 11 is 0. The van der Waals surface area contributed by atoms with Crippen LogP contribution in [0.15, 0.2) is 23.8 Å². The van der Waals surface area contributed by atoms with Gasteiger partial charge in [-0.15, -0.1) is 0 Å². The Labute approximate surface area is 218 Å². The van der Waals surface area contributed by atoms with Crippen LogP contribution in [0.4, 0.5) is 0 Å². The Morgan fingerprint density at radius 3 is 2.59 bits per heavy atom. The Morgan fingerprint density at radius 1 is 1.16 bits per heavy atom. The second-order valence-corrected chi connectivity index (χ2v) is 11.9. The summed E-state index contributed by atoms with van der Waals surface area (Å²) in [6.07, 6.45) is 8.07. The number of ketones is 2. The molecule has 0 aromatic rings. The molecule has 1 heterocycles. The molecule has 0 aromatic carbocycles. The first-order valence-corrected chi connectivity index (χ1v) is 13.6. The Bertz CT molecular complexity index is 1080. The lowest BCUT2D eigenvalue weighted by Gasteiger charge is -2.60. The molecule has 8 nitrogen and oxygen atoms in total. The molecule has 0 amide bonds. The average molecular weight is 515 g/mol. The van der Waals surface area contributed by atoms with Gasteiger partial charge in [0.15, 0.2) is 24.3 Å². The highest BCUT2D eigenvalue weighted by atomic mass is 16.7. The lowest BCUT2D eigenvalue weighted by atomic mass is 9.46. The van der Waals surface area contributed by atoms with E-state index in [1.54, 1.807) is 12.2 Å². The van der Waals surface area contributed by atoms with Crippen molar-refractivity contribution in [3.63, 3.8) is 0 Å². The number of hydrogen-bond donors (Lipinski definition) is 0. The van der Waals surface area contributed by atoms with Gasteiger partial charge in [0.25, 0.3) is 0 Å². The molecule has 9 atom stereocenters. The van der Waals surface area contributed by atoms with Gasteiger partial charge in [-0.25, -0.2) is 0 Å². The zero-order valence-electron chi connectivity index (χ0n) is 22.4. The molecule has 5 rings (SSSR count). The van der Waals surface area contributed by atoms with Crippen LogP contribution in [0.2, 0.25) is 0 Å². The summed E-state index contributed by atoms with van der Waals surface area (Å²) in [5.74, 6) is -1.03. The van der Waals surface area contributed by atoms with Gasteiger partial charge in [-0.2, -0.15) is 0 Å². The van der Waals surface area contributed by atoms with Crippen molar-refractivity contribution in [3.8, 4) is 0 Å². The largest absolute Gasteiger partial charge is 0.462 e. The molecule has 8 heteroatoms. The zero-order chi connectivity index (χ0) is 26.8. The lowest BCUT2D eigenvalue weighted by molar-refractivity contribution is -0.208. The minimum absolute atomic E-state index is 0.00945. The van der Waals surface area contributed by atoms with Crippen LogP contribution in [-0.4, -0.2) is 54.2 Å². The molecule has 4 fully saturated rings. The first-order chi connectivity index (χ1) is 17.5. The second-order valence-electron chi connectivity index (χ2n) is 11.9. The standard InChI is InChI=1S/C29H38O8/c1-6-7-25-36-24-13-21-20-9-8-18-12-19(32)10-11-27(18,4)26(20)22(35-17(3)31)14-28(21,5)29(24,37-25)23(33)15-34-16(2)30/h10-12,20-22,24-26H,6-9,13-15H2,1-5H3/t20-,21-,22+,24+,25-,26+,27-,28-,29+/m0/s1. The summed E-state index contributed by atoms with van der Waals surface area (Å²) in [7, 11) is 0. The number of fused-ring (bicyclic) bond motifs is 7. The fourth-order valence-corrected chi connectivity index (χ4v) is 8.57. The van der Waals surface area contributed by atoms with E-state index in [1.807, 2.05) is 13.0 Å². The van der Waals surface area contributed by atoms with Gasteiger partial charge in [-0.05, 0) is 56.1 Å². The molecule has 0 spiro atoms. The molecule has 202 valence electrons. The lowest BCUT2D eigenvalue weighted by Crippen LogP contribution is -2.64. The van der Waals surface area contributed by atoms with Crippen LogP contribution >= 0.6 is 0 Å². The minimum atomic E-state index is -1.29. The summed E-state index contributed by atoms with van der Waals surface area (Å²) in [6.45, 7) is 8.57. The van der Waals surface area contributed by atoms with E-state index in [2.05, 4.69) is 13.8 Å². The van der Waals surface area contributed by atoms with Gasteiger partial charge in [-0.3, -0.25) is 19.2 Å². The molecular formula is C29H38O8. The van der Waals surface area contributed by atoms with Crippen molar-refractivity contribution >= 4 is 23.5 Å². The molecule has 37 heavy (non-hydrogen) atoms. The number of rotatable bonds is 6. The van der Waals surface area contributed by atoms with Gasteiger partial charge in [0.2, 0.25) is 5.78 Å². The third kappa shape index (κ3) is 3.85. The second kappa shape index (κ2) is 9.16. The van der Waals surface area contributed by atoms with E-state index in [0.717, 1.165) is 24.8 Å². The van der Waals surface area contributed by atoms with Crippen molar-refractivity contribution in [2.75, 3.05) is 6.61 Å². The minimum Gasteiger partial charge on any atom is -0.462 e. The third-order valence-electron chi connectivity index (χ3n) is 9.93. The topological polar surface area (TPSA) is 105 Å². The third-order valence-corrected chi connectivity index (χ3v) is 9.93. The first kappa shape index (κ1) is 26.3. The van der Waals surface area contributed by atoms with Crippen molar-refractivity contribution in [2.45, 2.75) is 97.2 Å². The van der Waals surface area contributed by atoms with Crippen molar-refractivity contribution in [3.05, 3.63) is 23.8 Å². The number of allylic oxidation sites excluding steroid dienone is 4. The van der Waals surface area contributed by atoms with E-state index in [0.29, 0.717) is 19.3 Å². The molecule has 5 aliphatic rings. The summed E-state index contributed by atoms with van der Waals surface area (Å²) < 4.78 is 24.2. The van der Waals surface area contributed by atoms with Crippen LogP contribution in [0.3, 0.4) is 0 Å². The molecule has 0 radical (unpaired) electrons. The van der Waals surface area contributed by atoms with Gasteiger partial charge >= 0.3 is 11.9 Å². The normalized spacial score (nSPS) is 43.7. The van der Waals surface area contributed by atoms with Crippen molar-refractivity contribution in [2.24, 2.45) is 28.6 Å². The summed E-state index contributed by atoms with van der Waals surface area (Å²) in [5.41, 5.74) is -1.32. The smallest absolute Gasteiger partial charge is 0.303 e. The fraction of sp³-hybridized carbons (Fsp3) is 0.724. The molecule has 0 N–H and O–H groups in total. The van der Waals surface area contributed by atoms with Crippen molar-refractivity contribution < 1.29 is 38.1 Å². The molecule has 0 aromatic heterocycles. The van der Waals surface area contributed by atoms with Crippen LogP contribution in [0.25, 0.3) is 0 Å². The van der Waals surface area contributed by atoms with E-state index in [4.69, 9.17) is 18.9 Å². The number of hydrogen-bond acceptors (Lipinski definition) is 8. The van der Waals surface area contributed by atoms with Crippen LogP contribution in [-0.2, 0) is 38.1 Å². The quantitative estimate of drug-likeness (QED) is 0.492. The van der Waals surface area contributed by atoms with Gasteiger partial charge in [0.05, 0.1) is 6.10 Å². The van der Waals surface area contributed by atoms with Crippen LogP contribution in [0.5, 0.6) is 0 Å². The molecule has 3 saturated carbocycles. The maximum Gasteiger partial charge on any atom is 0.303 e. The number of esters is 2. The van der Waals surface area contributed by atoms with Crippen LogP contribution in [0, 0.1) is 28.6 Å². The van der Waals surface area contributed by atoms with Crippen LogP contribution < -0.4 is 0 Å². The van der Waals surface area contributed by atoms with E-state index in [9.17, 15) is 19.2 Å². The van der Waals surface area contributed by atoms with E-state index in [1.165, 1.54) is 13.8 Å². The van der Waals surface area contributed by atoms with E-state index >= 15 is 0 Å². The Balaban J connectivity index is 1.59. The SMILES string of the molecule is CCC[C@H]1O[C@@H]2C[C@H]3[C@@H]4CCC5=CC(=O)C=C[C@]5(C)[C@H]4[C@H](OC(C)=O)C[C@]3(C)[C@]2(C(=O)COC(C)=O)O1. The maximum atomic E-state index is 13.9. The Kier molecular flexibility index (Phi) is 6.51. The predicted molar refractivity (Wildman–Crippen MR) is 132 cm³/mol. The maximum absolute atomic E-state index is 13.9. The summed E-state index contributed by atoms with van der Waals surface area (Å²) in [4.78, 5) is 50.1. The van der Waals surface area contributed by atoms with Gasteiger partial charge in [0.1, 0.15) is 6.10 Å². The molecule has 4 aliphatic carbocycles. The average Bonchev–Trinajstić information content (AvgIpc) is 3.29. The Hall–Kier alpha value is -2.32. The number of ether oxygens (including phenoxy) is 4. The fourth-order valence-electron chi connectivity index (χ4n) is 8.57. The highest BCUT2D eigenvalue weighted by molar-refractivity contribution is 6.01. The number of carbonyl (C=O) groups excluding carboxylic acids is 4. The zero-order valence-corrected chi connectivity index (χ0v) is 22.4.